The minimum atomic E-state index is -0.752. The summed E-state index contributed by atoms with van der Waals surface area (Å²) in [7, 11) is 0. The third kappa shape index (κ3) is 5.17. The van der Waals surface area contributed by atoms with Crippen molar-refractivity contribution in [3.05, 3.63) is 0 Å². The van der Waals surface area contributed by atoms with Crippen molar-refractivity contribution in [1.29, 1.82) is 0 Å². The fraction of sp³-hybridized carbons (Fsp3) is 0.917. The second-order valence-corrected chi connectivity index (χ2v) is 5.51. The number of hydrogen-bond acceptors (Lipinski definition) is 2. The van der Waals surface area contributed by atoms with Crippen LogP contribution in [0.5, 0.6) is 0 Å². The van der Waals surface area contributed by atoms with Gasteiger partial charge in [-0.15, -0.1) is 12.4 Å². The molecule has 1 amide bonds. The van der Waals surface area contributed by atoms with Gasteiger partial charge in [0.05, 0.1) is 5.54 Å². The van der Waals surface area contributed by atoms with E-state index in [0.29, 0.717) is 6.04 Å². The van der Waals surface area contributed by atoms with E-state index in [1.807, 2.05) is 0 Å². The molecule has 16 heavy (non-hydrogen) atoms. The molecule has 0 heterocycles. The Hall–Kier alpha value is -0.280. The van der Waals surface area contributed by atoms with E-state index in [1.54, 1.807) is 13.8 Å². The van der Waals surface area contributed by atoms with Gasteiger partial charge >= 0.3 is 0 Å². The largest absolute Gasteiger partial charge is 0.352 e. The average molecular weight is 249 g/mol. The Morgan fingerprint density at radius 3 is 2.44 bits per heavy atom. The monoisotopic (exact) mass is 248 g/mol. The molecule has 1 aliphatic carbocycles. The zero-order valence-electron chi connectivity index (χ0n) is 10.6. The van der Waals surface area contributed by atoms with Gasteiger partial charge in [-0.2, -0.15) is 0 Å². The number of carbonyl (C=O) groups excluding carboxylic acids is 1. The molecule has 0 bridgehead atoms. The standard InChI is InChI=1S/C12H24N2O.ClH/c1-9-5-4-6-10(8-7-9)14-11(15)12(2,3)13;/h9-10H,4-8,13H2,1-3H3,(H,14,15);1H. The first-order valence-electron chi connectivity index (χ1n) is 5.99. The summed E-state index contributed by atoms with van der Waals surface area (Å²) >= 11 is 0. The number of nitrogens with one attached hydrogen (secondary N) is 1. The maximum Gasteiger partial charge on any atom is 0.239 e. The lowest BCUT2D eigenvalue weighted by atomic mass is 10.0. The van der Waals surface area contributed by atoms with Crippen molar-refractivity contribution < 1.29 is 4.79 Å². The minimum Gasteiger partial charge on any atom is -0.352 e. The van der Waals surface area contributed by atoms with Crippen LogP contribution in [-0.4, -0.2) is 17.5 Å². The van der Waals surface area contributed by atoms with Crippen molar-refractivity contribution in [3.8, 4) is 0 Å². The van der Waals surface area contributed by atoms with Crippen molar-refractivity contribution in [2.45, 2.75) is 64.5 Å². The molecule has 1 rings (SSSR count). The van der Waals surface area contributed by atoms with Crippen LogP contribution in [0.1, 0.15) is 52.9 Å². The number of carbonyl (C=O) groups is 1. The highest BCUT2D eigenvalue weighted by Crippen LogP contribution is 2.22. The lowest BCUT2D eigenvalue weighted by Crippen LogP contribution is -2.52. The first-order chi connectivity index (χ1) is 6.89. The molecule has 0 aliphatic heterocycles. The summed E-state index contributed by atoms with van der Waals surface area (Å²) in [5, 5.41) is 3.06. The number of rotatable bonds is 2. The zero-order valence-corrected chi connectivity index (χ0v) is 11.4. The lowest BCUT2D eigenvalue weighted by molar-refractivity contribution is -0.126. The molecule has 0 aromatic rings. The molecular formula is C12H25ClN2O. The van der Waals surface area contributed by atoms with Crippen LogP contribution >= 0.6 is 12.4 Å². The van der Waals surface area contributed by atoms with Crippen LogP contribution in [0.25, 0.3) is 0 Å². The van der Waals surface area contributed by atoms with Gasteiger partial charge in [0.25, 0.3) is 0 Å². The van der Waals surface area contributed by atoms with Crippen molar-refractivity contribution in [1.82, 2.24) is 5.32 Å². The Balaban J connectivity index is 0.00000225. The molecule has 2 atom stereocenters. The maximum atomic E-state index is 11.7. The molecule has 96 valence electrons. The van der Waals surface area contributed by atoms with E-state index in [9.17, 15) is 4.79 Å². The van der Waals surface area contributed by atoms with Crippen LogP contribution in [0.4, 0.5) is 0 Å². The summed E-state index contributed by atoms with van der Waals surface area (Å²) in [6.07, 6.45) is 5.93. The second kappa shape index (κ2) is 6.45. The van der Waals surface area contributed by atoms with Crippen molar-refractivity contribution in [2.24, 2.45) is 11.7 Å². The Bertz CT molecular complexity index is 226. The van der Waals surface area contributed by atoms with E-state index < -0.39 is 5.54 Å². The third-order valence-electron chi connectivity index (χ3n) is 3.18. The Kier molecular flexibility index (Phi) is 6.34. The molecule has 3 nitrogen and oxygen atoms in total. The normalized spacial score (nSPS) is 26.5. The maximum absolute atomic E-state index is 11.7. The molecule has 0 aromatic carbocycles. The molecule has 0 radical (unpaired) electrons. The van der Waals surface area contributed by atoms with Crippen LogP contribution in [0.2, 0.25) is 0 Å². The van der Waals surface area contributed by atoms with E-state index in [4.69, 9.17) is 5.73 Å². The van der Waals surface area contributed by atoms with Crippen LogP contribution in [0.15, 0.2) is 0 Å². The number of hydrogen-bond donors (Lipinski definition) is 2. The summed E-state index contributed by atoms with van der Waals surface area (Å²) in [5.74, 6) is 0.778. The molecular weight excluding hydrogens is 224 g/mol. The quantitative estimate of drug-likeness (QED) is 0.737. The van der Waals surface area contributed by atoms with Gasteiger partial charge in [-0.3, -0.25) is 4.79 Å². The predicted octanol–water partition coefficient (Wildman–Crippen LogP) is 2.23. The summed E-state index contributed by atoms with van der Waals surface area (Å²) in [6, 6.07) is 0.338. The molecule has 3 N–H and O–H groups in total. The number of halogens is 1. The lowest BCUT2D eigenvalue weighted by Gasteiger charge is -2.23. The topological polar surface area (TPSA) is 55.1 Å². The first-order valence-corrected chi connectivity index (χ1v) is 5.99. The average Bonchev–Trinajstić information content (AvgIpc) is 2.29. The molecule has 2 unspecified atom stereocenters. The van der Waals surface area contributed by atoms with Gasteiger partial charge < -0.3 is 11.1 Å². The summed E-state index contributed by atoms with van der Waals surface area (Å²) in [6.45, 7) is 5.79. The molecule has 1 saturated carbocycles. The SMILES string of the molecule is CC1CCCC(NC(=O)C(C)(C)N)CC1.Cl. The Labute approximate surface area is 105 Å². The molecule has 1 fully saturated rings. The van der Waals surface area contributed by atoms with Gasteiger partial charge in [0.15, 0.2) is 0 Å². The predicted molar refractivity (Wildman–Crippen MR) is 69.7 cm³/mol. The van der Waals surface area contributed by atoms with Gasteiger partial charge in [-0.05, 0) is 39.0 Å². The smallest absolute Gasteiger partial charge is 0.239 e. The third-order valence-corrected chi connectivity index (χ3v) is 3.18. The highest BCUT2D eigenvalue weighted by Gasteiger charge is 2.25. The summed E-state index contributed by atoms with van der Waals surface area (Å²) in [4.78, 5) is 11.7. The van der Waals surface area contributed by atoms with Gasteiger partial charge in [-0.25, -0.2) is 0 Å². The second-order valence-electron chi connectivity index (χ2n) is 5.51. The van der Waals surface area contributed by atoms with Crippen LogP contribution < -0.4 is 11.1 Å². The summed E-state index contributed by atoms with van der Waals surface area (Å²) in [5.41, 5.74) is 5.00. The zero-order chi connectivity index (χ0) is 11.5. The van der Waals surface area contributed by atoms with E-state index in [0.717, 1.165) is 18.8 Å². The van der Waals surface area contributed by atoms with E-state index in [-0.39, 0.29) is 18.3 Å². The number of amides is 1. The molecule has 1 aliphatic rings. The van der Waals surface area contributed by atoms with E-state index in [1.165, 1.54) is 19.3 Å². The van der Waals surface area contributed by atoms with E-state index >= 15 is 0 Å². The van der Waals surface area contributed by atoms with Crippen LogP contribution in [-0.2, 0) is 4.79 Å². The first kappa shape index (κ1) is 15.7. The fourth-order valence-electron chi connectivity index (χ4n) is 2.00. The molecule has 0 aromatic heterocycles. The highest BCUT2D eigenvalue weighted by atomic mass is 35.5. The van der Waals surface area contributed by atoms with Crippen LogP contribution in [0.3, 0.4) is 0 Å². The van der Waals surface area contributed by atoms with Gasteiger partial charge in [0.2, 0.25) is 5.91 Å². The van der Waals surface area contributed by atoms with Gasteiger partial charge in [-0.1, -0.05) is 19.8 Å². The number of nitrogens with two attached hydrogens (primary N) is 1. The van der Waals surface area contributed by atoms with Crippen LogP contribution in [0, 0.1) is 5.92 Å². The van der Waals surface area contributed by atoms with Crippen molar-refractivity contribution >= 4 is 18.3 Å². The van der Waals surface area contributed by atoms with Crippen molar-refractivity contribution in [2.75, 3.05) is 0 Å². The minimum absolute atomic E-state index is 0. The van der Waals surface area contributed by atoms with E-state index in [2.05, 4.69) is 12.2 Å². The molecule has 4 heteroatoms. The Morgan fingerprint density at radius 1 is 1.25 bits per heavy atom. The highest BCUT2D eigenvalue weighted by molar-refractivity contribution is 5.85. The van der Waals surface area contributed by atoms with Gasteiger partial charge in [0, 0.05) is 6.04 Å². The summed E-state index contributed by atoms with van der Waals surface area (Å²) < 4.78 is 0. The fourth-order valence-corrected chi connectivity index (χ4v) is 2.00. The molecule has 0 saturated heterocycles. The Morgan fingerprint density at radius 2 is 1.88 bits per heavy atom. The van der Waals surface area contributed by atoms with Gasteiger partial charge in [0.1, 0.15) is 0 Å². The van der Waals surface area contributed by atoms with Crippen molar-refractivity contribution in [3.63, 3.8) is 0 Å². The molecule has 0 spiro atoms.